The Morgan fingerprint density at radius 2 is 1.35 bits per heavy atom. The molecule has 8 nitrogen and oxygen atoms in total. The van der Waals surface area contributed by atoms with Gasteiger partial charge >= 0.3 is 6.03 Å². The third-order valence-corrected chi connectivity index (χ3v) is 5.84. The highest BCUT2D eigenvalue weighted by molar-refractivity contribution is 7.88. The average molecular weight is 346 g/mol. The number of sulfonamides is 1. The molecule has 2 heterocycles. The van der Waals surface area contributed by atoms with Crippen molar-refractivity contribution in [2.75, 3.05) is 32.4 Å². The van der Waals surface area contributed by atoms with Crippen molar-refractivity contribution in [1.82, 2.24) is 19.8 Å². The van der Waals surface area contributed by atoms with Crippen molar-refractivity contribution in [2.24, 2.45) is 0 Å². The molecule has 0 atom stereocenters. The molecule has 0 aromatic rings. The summed E-state index contributed by atoms with van der Waals surface area (Å²) in [4.78, 5) is 25.1. The van der Waals surface area contributed by atoms with Crippen LogP contribution < -0.4 is 10.6 Å². The lowest BCUT2D eigenvalue weighted by Crippen LogP contribution is -2.52. The molecule has 3 amide bonds. The van der Waals surface area contributed by atoms with Crippen LogP contribution >= 0.6 is 0 Å². The lowest BCUT2D eigenvalue weighted by molar-refractivity contribution is -0.129. The Morgan fingerprint density at radius 1 is 0.913 bits per heavy atom. The highest BCUT2D eigenvalue weighted by Gasteiger charge is 2.27. The van der Waals surface area contributed by atoms with Crippen molar-refractivity contribution in [1.29, 1.82) is 0 Å². The minimum absolute atomic E-state index is 0.00492. The number of carbonyl (C=O) groups excluding carboxylic acids is 2. The van der Waals surface area contributed by atoms with E-state index >= 15 is 0 Å². The fraction of sp³-hybridized carbons (Fsp3) is 0.857. The van der Waals surface area contributed by atoms with E-state index in [0.717, 1.165) is 12.8 Å². The molecule has 0 bridgehead atoms. The number of piperidine rings is 2. The van der Waals surface area contributed by atoms with Gasteiger partial charge in [0.2, 0.25) is 15.9 Å². The van der Waals surface area contributed by atoms with E-state index in [1.807, 2.05) is 0 Å². The standard InChI is InChI=1S/C14H26N4O4S/c1-11(19)17-7-3-12(4-8-17)15-14(20)16-13-5-9-18(10-6-13)23(2,21)22/h12-13H,3-10H2,1-2H3,(H2,15,16,20). The second-order valence-corrected chi connectivity index (χ2v) is 8.32. The Balaban J connectivity index is 1.69. The third kappa shape index (κ3) is 5.35. The summed E-state index contributed by atoms with van der Waals surface area (Å²) in [6, 6.07) is -0.115. The fourth-order valence-corrected chi connectivity index (χ4v) is 3.96. The molecule has 0 radical (unpaired) electrons. The zero-order chi connectivity index (χ0) is 17.0. The highest BCUT2D eigenvalue weighted by Crippen LogP contribution is 2.14. The van der Waals surface area contributed by atoms with Gasteiger partial charge in [0.15, 0.2) is 0 Å². The van der Waals surface area contributed by atoms with Crippen molar-refractivity contribution in [3.05, 3.63) is 0 Å². The number of carbonyl (C=O) groups is 2. The van der Waals surface area contributed by atoms with Gasteiger partial charge in [0.05, 0.1) is 6.26 Å². The first-order chi connectivity index (χ1) is 10.8. The van der Waals surface area contributed by atoms with Crippen molar-refractivity contribution in [3.8, 4) is 0 Å². The Bertz CT molecular complexity index is 535. The molecule has 132 valence electrons. The van der Waals surface area contributed by atoms with E-state index in [1.165, 1.54) is 10.6 Å². The lowest BCUT2D eigenvalue weighted by atomic mass is 10.0. The maximum absolute atomic E-state index is 12.0. The molecule has 0 saturated carbocycles. The zero-order valence-corrected chi connectivity index (χ0v) is 14.6. The van der Waals surface area contributed by atoms with Crippen LogP contribution in [0.4, 0.5) is 4.79 Å². The van der Waals surface area contributed by atoms with Gasteiger partial charge in [-0.05, 0) is 25.7 Å². The lowest BCUT2D eigenvalue weighted by Gasteiger charge is -2.33. The molecular weight excluding hydrogens is 320 g/mol. The first kappa shape index (κ1) is 18.0. The minimum Gasteiger partial charge on any atom is -0.343 e. The van der Waals surface area contributed by atoms with Crippen LogP contribution in [0.1, 0.15) is 32.6 Å². The number of rotatable bonds is 3. The molecule has 0 spiro atoms. The molecule has 2 aliphatic rings. The normalized spacial score (nSPS) is 21.9. The van der Waals surface area contributed by atoms with Gasteiger partial charge in [-0.2, -0.15) is 0 Å². The summed E-state index contributed by atoms with van der Waals surface area (Å²) in [7, 11) is -3.14. The van der Waals surface area contributed by atoms with Crippen molar-refractivity contribution in [3.63, 3.8) is 0 Å². The van der Waals surface area contributed by atoms with Gasteiger partial charge in [-0.15, -0.1) is 0 Å². The van der Waals surface area contributed by atoms with Gasteiger partial charge in [0, 0.05) is 45.2 Å². The van der Waals surface area contributed by atoms with E-state index in [0.29, 0.717) is 39.0 Å². The molecule has 23 heavy (non-hydrogen) atoms. The monoisotopic (exact) mass is 346 g/mol. The molecule has 0 aromatic carbocycles. The SMILES string of the molecule is CC(=O)N1CCC(NC(=O)NC2CCN(S(C)(=O)=O)CC2)CC1. The van der Waals surface area contributed by atoms with Crippen LogP contribution in [0.5, 0.6) is 0 Å². The summed E-state index contributed by atoms with van der Waals surface area (Å²) in [5.74, 6) is 0.0746. The number of hydrogen-bond donors (Lipinski definition) is 2. The van der Waals surface area contributed by atoms with Crippen LogP contribution in [0.3, 0.4) is 0 Å². The number of nitrogens with zero attached hydrogens (tertiary/aromatic N) is 2. The maximum Gasteiger partial charge on any atom is 0.315 e. The molecular formula is C14H26N4O4S. The Labute approximate surface area is 137 Å². The van der Waals surface area contributed by atoms with Crippen molar-refractivity contribution >= 4 is 22.0 Å². The van der Waals surface area contributed by atoms with Crippen LogP contribution in [-0.4, -0.2) is 74.1 Å². The molecule has 0 aromatic heterocycles. The van der Waals surface area contributed by atoms with Crippen molar-refractivity contribution < 1.29 is 18.0 Å². The van der Waals surface area contributed by atoms with Crippen LogP contribution in [0, 0.1) is 0 Å². The topological polar surface area (TPSA) is 98.8 Å². The number of hydrogen-bond acceptors (Lipinski definition) is 4. The Hall–Kier alpha value is -1.35. The second-order valence-electron chi connectivity index (χ2n) is 6.33. The number of urea groups is 1. The highest BCUT2D eigenvalue weighted by atomic mass is 32.2. The van der Waals surface area contributed by atoms with Gasteiger partial charge in [0.25, 0.3) is 0 Å². The second kappa shape index (κ2) is 7.48. The molecule has 9 heteroatoms. The summed E-state index contributed by atoms with van der Waals surface area (Å²) in [5.41, 5.74) is 0. The van der Waals surface area contributed by atoms with Gasteiger partial charge in [-0.1, -0.05) is 0 Å². The largest absolute Gasteiger partial charge is 0.343 e. The quantitative estimate of drug-likeness (QED) is 0.734. The third-order valence-electron chi connectivity index (χ3n) is 4.53. The Kier molecular flexibility index (Phi) is 5.85. The molecule has 2 saturated heterocycles. The van der Waals surface area contributed by atoms with E-state index in [1.54, 1.807) is 11.8 Å². The Morgan fingerprint density at radius 3 is 1.74 bits per heavy atom. The van der Waals surface area contributed by atoms with Crippen molar-refractivity contribution in [2.45, 2.75) is 44.7 Å². The van der Waals surface area contributed by atoms with Crippen LogP contribution in [0.2, 0.25) is 0 Å². The molecule has 0 unspecified atom stereocenters. The molecule has 2 rings (SSSR count). The van der Waals surface area contributed by atoms with Gasteiger partial charge in [-0.3, -0.25) is 4.79 Å². The number of nitrogens with one attached hydrogen (secondary N) is 2. The summed E-state index contributed by atoms with van der Waals surface area (Å²) >= 11 is 0. The number of amides is 3. The molecule has 0 aliphatic carbocycles. The fourth-order valence-electron chi connectivity index (χ4n) is 3.08. The summed E-state index contributed by atoms with van der Waals surface area (Å²) in [6.45, 7) is 3.80. The maximum atomic E-state index is 12.0. The smallest absolute Gasteiger partial charge is 0.315 e. The first-order valence-corrected chi connectivity index (χ1v) is 9.88. The van der Waals surface area contributed by atoms with Crippen LogP contribution in [-0.2, 0) is 14.8 Å². The zero-order valence-electron chi connectivity index (χ0n) is 13.7. The molecule has 2 N–H and O–H groups in total. The molecule has 2 aliphatic heterocycles. The van der Waals surface area contributed by atoms with E-state index in [9.17, 15) is 18.0 Å². The van der Waals surface area contributed by atoms with E-state index < -0.39 is 10.0 Å². The van der Waals surface area contributed by atoms with Gasteiger partial charge in [-0.25, -0.2) is 17.5 Å². The van der Waals surface area contributed by atoms with Crippen LogP contribution in [0.15, 0.2) is 0 Å². The first-order valence-electron chi connectivity index (χ1n) is 8.03. The number of likely N-dealkylation sites (tertiary alicyclic amines) is 1. The van der Waals surface area contributed by atoms with E-state index in [2.05, 4.69) is 10.6 Å². The summed E-state index contributed by atoms with van der Waals surface area (Å²) in [6.07, 6.45) is 3.99. The van der Waals surface area contributed by atoms with E-state index in [-0.39, 0.29) is 24.0 Å². The minimum atomic E-state index is -3.14. The van der Waals surface area contributed by atoms with Crippen LogP contribution in [0.25, 0.3) is 0 Å². The average Bonchev–Trinajstić information content (AvgIpc) is 2.47. The predicted octanol–water partition coefficient (Wildman–Crippen LogP) is -0.279. The summed E-state index contributed by atoms with van der Waals surface area (Å²) in [5, 5.41) is 5.87. The summed E-state index contributed by atoms with van der Waals surface area (Å²) < 4.78 is 24.3. The molecule has 2 fully saturated rings. The van der Waals surface area contributed by atoms with Gasteiger partial charge < -0.3 is 15.5 Å². The predicted molar refractivity (Wildman–Crippen MR) is 86.4 cm³/mol. The van der Waals surface area contributed by atoms with Gasteiger partial charge in [0.1, 0.15) is 0 Å². The van der Waals surface area contributed by atoms with E-state index in [4.69, 9.17) is 0 Å².